The maximum Gasteiger partial charge on any atom is 0.257 e. The van der Waals surface area contributed by atoms with Crippen molar-refractivity contribution in [3.63, 3.8) is 0 Å². The number of fused-ring (bicyclic) bond motifs is 1. The molecule has 3 rings (SSSR count). The average Bonchev–Trinajstić information content (AvgIpc) is 2.71. The summed E-state index contributed by atoms with van der Waals surface area (Å²) in [6, 6.07) is 5.52. The van der Waals surface area contributed by atoms with Crippen molar-refractivity contribution < 1.29 is 14.3 Å². The summed E-state index contributed by atoms with van der Waals surface area (Å²) in [5, 5.41) is 5.98. The Labute approximate surface area is 117 Å². The van der Waals surface area contributed by atoms with Gasteiger partial charge in [0.05, 0.1) is 11.3 Å². The summed E-state index contributed by atoms with van der Waals surface area (Å²) in [6.45, 7) is 2.77. The van der Waals surface area contributed by atoms with Crippen LogP contribution in [0.25, 0.3) is 0 Å². The van der Waals surface area contributed by atoms with Crippen molar-refractivity contribution in [2.24, 2.45) is 0 Å². The van der Waals surface area contributed by atoms with Crippen LogP contribution in [0.15, 0.2) is 18.2 Å². The normalized spacial score (nSPS) is 18.2. The summed E-state index contributed by atoms with van der Waals surface area (Å²) < 4.78 is 5.63. The fraction of sp³-hybridized carbons (Fsp3) is 0.429. The fourth-order valence-electron chi connectivity index (χ4n) is 2.48. The van der Waals surface area contributed by atoms with Crippen LogP contribution in [0.4, 0.5) is 5.69 Å². The highest BCUT2D eigenvalue weighted by molar-refractivity contribution is 5.99. The van der Waals surface area contributed by atoms with Crippen LogP contribution in [0.5, 0.6) is 5.75 Å². The molecule has 1 fully saturated rings. The SMILES string of the molecule is O=C1CCN(C(=O)c2cccc3c2OCCN3)CCN1. The molecule has 20 heavy (non-hydrogen) atoms. The first-order chi connectivity index (χ1) is 9.75. The summed E-state index contributed by atoms with van der Waals surface area (Å²) in [5.41, 5.74) is 1.41. The predicted molar refractivity (Wildman–Crippen MR) is 74.0 cm³/mol. The van der Waals surface area contributed by atoms with Crippen molar-refractivity contribution in [2.75, 3.05) is 38.1 Å². The minimum Gasteiger partial charge on any atom is -0.489 e. The lowest BCUT2D eigenvalue weighted by Crippen LogP contribution is -2.35. The summed E-state index contributed by atoms with van der Waals surface area (Å²) in [4.78, 5) is 25.6. The molecule has 0 bridgehead atoms. The van der Waals surface area contributed by atoms with Crippen LogP contribution in [0, 0.1) is 0 Å². The standard InChI is InChI=1S/C14H17N3O3/c18-12-4-7-17(8-5-16-12)14(19)10-2-1-3-11-13(10)20-9-6-15-11/h1-3,15H,4-9H2,(H,16,18). The van der Waals surface area contributed by atoms with Crippen molar-refractivity contribution in [1.82, 2.24) is 10.2 Å². The molecule has 6 nitrogen and oxygen atoms in total. The first-order valence-electron chi connectivity index (χ1n) is 6.81. The highest BCUT2D eigenvalue weighted by atomic mass is 16.5. The first-order valence-corrected chi connectivity index (χ1v) is 6.81. The highest BCUT2D eigenvalue weighted by Gasteiger charge is 2.24. The van der Waals surface area contributed by atoms with Crippen LogP contribution in [0.1, 0.15) is 16.8 Å². The third-order valence-corrected chi connectivity index (χ3v) is 3.51. The second-order valence-corrected chi connectivity index (χ2v) is 4.85. The van der Waals surface area contributed by atoms with Gasteiger partial charge in [0.2, 0.25) is 5.91 Å². The van der Waals surface area contributed by atoms with E-state index in [1.165, 1.54) is 0 Å². The van der Waals surface area contributed by atoms with E-state index in [2.05, 4.69) is 10.6 Å². The molecule has 2 aliphatic rings. The fourth-order valence-corrected chi connectivity index (χ4v) is 2.48. The lowest BCUT2D eigenvalue weighted by atomic mass is 10.1. The van der Waals surface area contributed by atoms with Gasteiger partial charge in [0.15, 0.2) is 5.75 Å². The van der Waals surface area contributed by atoms with Crippen LogP contribution in [0.2, 0.25) is 0 Å². The Bertz CT molecular complexity index is 544. The molecule has 0 radical (unpaired) electrons. The first kappa shape index (κ1) is 12.8. The molecule has 6 heteroatoms. The van der Waals surface area contributed by atoms with E-state index in [-0.39, 0.29) is 11.8 Å². The van der Waals surface area contributed by atoms with Crippen molar-refractivity contribution in [1.29, 1.82) is 0 Å². The topological polar surface area (TPSA) is 70.7 Å². The van der Waals surface area contributed by atoms with Crippen LogP contribution >= 0.6 is 0 Å². The zero-order valence-electron chi connectivity index (χ0n) is 11.1. The Balaban J connectivity index is 1.85. The van der Waals surface area contributed by atoms with E-state index in [4.69, 9.17) is 4.74 Å². The number of anilines is 1. The lowest BCUT2D eigenvalue weighted by Gasteiger charge is -2.25. The van der Waals surface area contributed by atoms with E-state index >= 15 is 0 Å². The van der Waals surface area contributed by atoms with Crippen molar-refractivity contribution in [3.05, 3.63) is 23.8 Å². The average molecular weight is 275 g/mol. The molecular weight excluding hydrogens is 258 g/mol. The number of hydrogen-bond acceptors (Lipinski definition) is 4. The van der Waals surface area contributed by atoms with Gasteiger partial charge in [0.1, 0.15) is 6.61 Å². The van der Waals surface area contributed by atoms with Crippen molar-refractivity contribution >= 4 is 17.5 Å². The van der Waals surface area contributed by atoms with E-state index in [9.17, 15) is 9.59 Å². The van der Waals surface area contributed by atoms with Gasteiger partial charge in [-0.1, -0.05) is 6.07 Å². The summed E-state index contributed by atoms with van der Waals surface area (Å²) in [6.07, 6.45) is 0.347. The largest absolute Gasteiger partial charge is 0.489 e. The molecule has 0 aliphatic carbocycles. The number of carbonyl (C=O) groups excluding carboxylic acids is 2. The summed E-state index contributed by atoms with van der Waals surface area (Å²) in [7, 11) is 0. The number of rotatable bonds is 1. The van der Waals surface area contributed by atoms with Gasteiger partial charge in [-0.2, -0.15) is 0 Å². The van der Waals surface area contributed by atoms with Gasteiger partial charge in [-0.15, -0.1) is 0 Å². The molecule has 1 saturated heterocycles. The smallest absolute Gasteiger partial charge is 0.257 e. The number of nitrogens with one attached hydrogen (secondary N) is 2. The molecule has 0 saturated carbocycles. The number of ether oxygens (including phenoxy) is 1. The van der Waals surface area contributed by atoms with Gasteiger partial charge in [0.25, 0.3) is 5.91 Å². The Morgan fingerprint density at radius 2 is 2.10 bits per heavy atom. The maximum atomic E-state index is 12.6. The molecule has 1 aromatic rings. The molecule has 0 spiro atoms. The van der Waals surface area contributed by atoms with E-state index in [0.29, 0.717) is 44.0 Å². The molecule has 1 aromatic carbocycles. The Morgan fingerprint density at radius 3 is 3.00 bits per heavy atom. The minimum absolute atomic E-state index is 0.00620. The van der Waals surface area contributed by atoms with Gasteiger partial charge in [-0.05, 0) is 12.1 Å². The molecule has 2 amide bonds. The predicted octanol–water partition coefficient (Wildman–Crippen LogP) is 0.453. The Kier molecular flexibility index (Phi) is 3.45. The maximum absolute atomic E-state index is 12.6. The van der Waals surface area contributed by atoms with Crippen LogP contribution in [-0.2, 0) is 4.79 Å². The van der Waals surface area contributed by atoms with E-state index in [1.807, 2.05) is 12.1 Å². The van der Waals surface area contributed by atoms with Crippen molar-refractivity contribution in [3.8, 4) is 5.75 Å². The summed E-state index contributed by atoms with van der Waals surface area (Å²) >= 11 is 0. The van der Waals surface area contributed by atoms with Crippen LogP contribution < -0.4 is 15.4 Å². The lowest BCUT2D eigenvalue weighted by molar-refractivity contribution is -0.120. The highest BCUT2D eigenvalue weighted by Crippen LogP contribution is 2.32. The monoisotopic (exact) mass is 275 g/mol. The second-order valence-electron chi connectivity index (χ2n) is 4.85. The van der Waals surface area contributed by atoms with Gasteiger partial charge >= 0.3 is 0 Å². The van der Waals surface area contributed by atoms with Crippen LogP contribution in [-0.4, -0.2) is 49.5 Å². The third kappa shape index (κ3) is 2.41. The zero-order chi connectivity index (χ0) is 13.9. The van der Waals surface area contributed by atoms with Gasteiger partial charge in [-0.3, -0.25) is 9.59 Å². The van der Waals surface area contributed by atoms with E-state index in [1.54, 1.807) is 11.0 Å². The molecule has 0 atom stereocenters. The minimum atomic E-state index is -0.0814. The van der Waals surface area contributed by atoms with Gasteiger partial charge in [-0.25, -0.2) is 0 Å². The number of hydrogen-bond donors (Lipinski definition) is 2. The van der Waals surface area contributed by atoms with E-state index in [0.717, 1.165) is 12.2 Å². The van der Waals surface area contributed by atoms with Gasteiger partial charge in [0, 0.05) is 32.6 Å². The zero-order valence-corrected chi connectivity index (χ0v) is 11.1. The number of para-hydroxylation sites is 1. The molecule has 0 aromatic heterocycles. The molecule has 106 valence electrons. The second kappa shape index (κ2) is 5.40. The number of nitrogens with zero attached hydrogens (tertiary/aromatic N) is 1. The summed E-state index contributed by atoms with van der Waals surface area (Å²) in [5.74, 6) is 0.530. The molecule has 2 N–H and O–H groups in total. The molecular formula is C14H17N3O3. The number of amides is 2. The van der Waals surface area contributed by atoms with Crippen LogP contribution in [0.3, 0.4) is 0 Å². The van der Waals surface area contributed by atoms with E-state index < -0.39 is 0 Å². The molecule has 2 aliphatic heterocycles. The Hall–Kier alpha value is -2.24. The van der Waals surface area contributed by atoms with Gasteiger partial charge < -0.3 is 20.3 Å². The Morgan fingerprint density at radius 1 is 1.20 bits per heavy atom. The quantitative estimate of drug-likeness (QED) is 0.781. The number of benzene rings is 1. The third-order valence-electron chi connectivity index (χ3n) is 3.51. The van der Waals surface area contributed by atoms with Crippen molar-refractivity contribution in [2.45, 2.75) is 6.42 Å². The molecule has 2 heterocycles. The number of carbonyl (C=O) groups is 2. The molecule has 0 unspecified atom stereocenters.